The molecule has 0 unspecified atom stereocenters. The molecule has 0 aromatic heterocycles. The summed E-state index contributed by atoms with van der Waals surface area (Å²) in [5.74, 6) is -1.82. The minimum Gasteiger partial charge on any atom is -0.468 e. The standard InChI is InChI=1S/C8H10O6S/c1-13-6(10)5-8(12,7(11)14-2)3-4(9)15-5/h5,12H,3H2,1-2H3/t5-,8-/m0/s1. The van der Waals surface area contributed by atoms with Gasteiger partial charge in [0.25, 0.3) is 0 Å². The van der Waals surface area contributed by atoms with Crippen LogP contribution >= 0.6 is 11.8 Å². The van der Waals surface area contributed by atoms with E-state index in [1.807, 2.05) is 0 Å². The molecule has 0 aromatic rings. The van der Waals surface area contributed by atoms with Crippen LogP contribution in [0.15, 0.2) is 0 Å². The van der Waals surface area contributed by atoms with Crippen molar-refractivity contribution in [1.29, 1.82) is 0 Å². The summed E-state index contributed by atoms with van der Waals surface area (Å²) >= 11 is 0.585. The zero-order valence-electron chi connectivity index (χ0n) is 8.18. The van der Waals surface area contributed by atoms with Gasteiger partial charge in [0.15, 0.2) is 10.7 Å². The molecule has 0 aromatic carbocycles. The van der Waals surface area contributed by atoms with Gasteiger partial charge in [-0.2, -0.15) is 0 Å². The quantitative estimate of drug-likeness (QED) is 0.619. The molecule has 7 heteroatoms. The largest absolute Gasteiger partial charge is 0.468 e. The Balaban J connectivity index is 2.99. The van der Waals surface area contributed by atoms with Crippen LogP contribution in [0, 0.1) is 0 Å². The molecule has 84 valence electrons. The van der Waals surface area contributed by atoms with Gasteiger partial charge in [-0.15, -0.1) is 0 Å². The second-order valence-corrected chi connectivity index (χ2v) is 4.15. The van der Waals surface area contributed by atoms with E-state index in [2.05, 4.69) is 9.47 Å². The number of esters is 2. The summed E-state index contributed by atoms with van der Waals surface area (Å²) in [6, 6.07) is 0. The number of aliphatic hydroxyl groups is 1. The van der Waals surface area contributed by atoms with E-state index < -0.39 is 34.3 Å². The molecule has 0 saturated carbocycles. The summed E-state index contributed by atoms with van der Waals surface area (Å²) in [6.07, 6.45) is -0.440. The molecule has 0 spiro atoms. The molecule has 1 fully saturated rings. The molecule has 0 aliphatic carbocycles. The highest BCUT2D eigenvalue weighted by Gasteiger charge is 2.57. The molecular formula is C8H10O6S. The normalized spacial score (nSPS) is 30.1. The monoisotopic (exact) mass is 234 g/mol. The van der Waals surface area contributed by atoms with Crippen LogP contribution in [0.5, 0.6) is 0 Å². The van der Waals surface area contributed by atoms with E-state index in [1.54, 1.807) is 0 Å². The third-order valence-electron chi connectivity index (χ3n) is 2.05. The molecule has 0 bridgehead atoms. The van der Waals surface area contributed by atoms with Gasteiger partial charge in [0, 0.05) is 0 Å². The fourth-order valence-electron chi connectivity index (χ4n) is 1.29. The molecule has 1 rings (SSSR count). The highest BCUT2D eigenvalue weighted by Crippen LogP contribution is 2.38. The van der Waals surface area contributed by atoms with E-state index in [0.717, 1.165) is 14.2 Å². The lowest BCUT2D eigenvalue weighted by Gasteiger charge is -2.22. The number of hydrogen-bond acceptors (Lipinski definition) is 7. The number of carbonyl (C=O) groups excluding carboxylic acids is 3. The topological polar surface area (TPSA) is 89.9 Å². The van der Waals surface area contributed by atoms with Gasteiger partial charge in [-0.05, 0) is 0 Å². The van der Waals surface area contributed by atoms with Crippen molar-refractivity contribution in [3.05, 3.63) is 0 Å². The molecule has 15 heavy (non-hydrogen) atoms. The number of ether oxygens (including phenoxy) is 2. The Morgan fingerprint density at radius 1 is 1.47 bits per heavy atom. The molecule has 1 aliphatic heterocycles. The third-order valence-corrected chi connectivity index (χ3v) is 3.28. The Kier molecular flexibility index (Phi) is 3.35. The Labute approximate surface area is 89.9 Å². The first-order valence-electron chi connectivity index (χ1n) is 4.04. The van der Waals surface area contributed by atoms with E-state index >= 15 is 0 Å². The number of hydrogen-bond donors (Lipinski definition) is 1. The summed E-state index contributed by atoms with van der Waals surface area (Å²) in [5.41, 5.74) is -2.11. The number of carbonyl (C=O) groups is 3. The fourth-order valence-corrected chi connectivity index (χ4v) is 2.42. The van der Waals surface area contributed by atoms with Crippen LogP contribution in [0.1, 0.15) is 6.42 Å². The summed E-state index contributed by atoms with van der Waals surface area (Å²) in [6.45, 7) is 0. The second-order valence-electron chi connectivity index (χ2n) is 2.99. The number of rotatable bonds is 2. The fraction of sp³-hybridized carbons (Fsp3) is 0.625. The van der Waals surface area contributed by atoms with Crippen molar-refractivity contribution in [2.75, 3.05) is 14.2 Å². The molecule has 1 aliphatic rings. The van der Waals surface area contributed by atoms with E-state index in [-0.39, 0.29) is 0 Å². The minimum atomic E-state index is -2.11. The van der Waals surface area contributed by atoms with Gasteiger partial charge in [-0.1, -0.05) is 11.8 Å². The first kappa shape index (κ1) is 12.0. The van der Waals surface area contributed by atoms with Gasteiger partial charge >= 0.3 is 11.9 Å². The van der Waals surface area contributed by atoms with Crippen LogP contribution in [0.25, 0.3) is 0 Å². The van der Waals surface area contributed by atoms with Gasteiger partial charge in [-0.3, -0.25) is 9.59 Å². The summed E-state index contributed by atoms with van der Waals surface area (Å²) in [7, 11) is 2.19. The average Bonchev–Trinajstić information content (AvgIpc) is 2.53. The predicted molar refractivity (Wildman–Crippen MR) is 50.0 cm³/mol. The van der Waals surface area contributed by atoms with Crippen molar-refractivity contribution in [2.45, 2.75) is 17.3 Å². The zero-order valence-corrected chi connectivity index (χ0v) is 9.00. The molecule has 6 nitrogen and oxygen atoms in total. The Bertz CT molecular complexity index is 314. The van der Waals surface area contributed by atoms with E-state index in [1.165, 1.54) is 0 Å². The lowest BCUT2D eigenvalue weighted by atomic mass is 9.96. The van der Waals surface area contributed by atoms with Crippen LogP contribution in [0.4, 0.5) is 0 Å². The summed E-state index contributed by atoms with van der Waals surface area (Å²) in [4.78, 5) is 33.6. The molecule has 1 saturated heterocycles. The highest BCUT2D eigenvalue weighted by atomic mass is 32.2. The van der Waals surface area contributed by atoms with E-state index in [4.69, 9.17) is 0 Å². The highest BCUT2D eigenvalue weighted by molar-refractivity contribution is 8.15. The van der Waals surface area contributed by atoms with Gasteiger partial charge in [0.05, 0.1) is 20.6 Å². The molecule has 0 radical (unpaired) electrons. The van der Waals surface area contributed by atoms with Crippen LogP contribution in [0.2, 0.25) is 0 Å². The Morgan fingerprint density at radius 3 is 2.53 bits per heavy atom. The first-order chi connectivity index (χ1) is 6.95. The SMILES string of the molecule is COC(=O)[C@@H]1SC(=O)C[C@@]1(O)C(=O)OC. The predicted octanol–water partition coefficient (Wildman–Crippen LogP) is -0.904. The van der Waals surface area contributed by atoms with Crippen molar-refractivity contribution < 1.29 is 29.0 Å². The summed E-state index contributed by atoms with van der Waals surface area (Å²) < 4.78 is 8.74. The molecule has 1 heterocycles. The zero-order chi connectivity index (χ0) is 11.6. The lowest BCUT2D eigenvalue weighted by molar-refractivity contribution is -0.168. The molecule has 1 N–H and O–H groups in total. The lowest BCUT2D eigenvalue weighted by Crippen LogP contribution is -2.49. The van der Waals surface area contributed by atoms with Gasteiger partial charge < -0.3 is 14.6 Å². The van der Waals surface area contributed by atoms with Crippen molar-refractivity contribution in [3.8, 4) is 0 Å². The Morgan fingerprint density at radius 2 is 2.07 bits per heavy atom. The van der Waals surface area contributed by atoms with E-state index in [9.17, 15) is 19.5 Å². The van der Waals surface area contributed by atoms with Crippen LogP contribution in [0.3, 0.4) is 0 Å². The van der Waals surface area contributed by atoms with Crippen molar-refractivity contribution in [3.63, 3.8) is 0 Å². The van der Waals surface area contributed by atoms with Crippen molar-refractivity contribution in [1.82, 2.24) is 0 Å². The molecule has 0 amide bonds. The third kappa shape index (κ3) is 1.98. The smallest absolute Gasteiger partial charge is 0.340 e. The second kappa shape index (κ2) is 4.19. The van der Waals surface area contributed by atoms with Crippen LogP contribution in [-0.2, 0) is 23.9 Å². The number of methoxy groups -OCH3 is 2. The number of thioether (sulfide) groups is 1. The van der Waals surface area contributed by atoms with Gasteiger partial charge in [-0.25, -0.2) is 4.79 Å². The Hall–Kier alpha value is -1.08. The van der Waals surface area contributed by atoms with Crippen LogP contribution < -0.4 is 0 Å². The molecule has 2 atom stereocenters. The van der Waals surface area contributed by atoms with Gasteiger partial charge in [0.2, 0.25) is 0 Å². The maximum atomic E-state index is 11.3. The minimum absolute atomic E-state index is 0.440. The average molecular weight is 234 g/mol. The molecular weight excluding hydrogens is 224 g/mol. The van der Waals surface area contributed by atoms with E-state index in [0.29, 0.717) is 11.8 Å². The first-order valence-corrected chi connectivity index (χ1v) is 4.91. The summed E-state index contributed by atoms with van der Waals surface area (Å²) in [5, 5.41) is 8.18. The van der Waals surface area contributed by atoms with Crippen molar-refractivity contribution >= 4 is 28.8 Å². The maximum absolute atomic E-state index is 11.3. The van der Waals surface area contributed by atoms with Gasteiger partial charge in [0.1, 0.15) is 5.25 Å². The van der Waals surface area contributed by atoms with Crippen molar-refractivity contribution in [2.24, 2.45) is 0 Å². The maximum Gasteiger partial charge on any atom is 0.340 e. The van der Waals surface area contributed by atoms with Crippen LogP contribution in [-0.4, -0.2) is 47.2 Å².